The Morgan fingerprint density at radius 2 is 2.07 bits per heavy atom. The van der Waals surface area contributed by atoms with Crippen LogP contribution in [0.1, 0.15) is 17.2 Å². The molecule has 1 aromatic carbocycles. The van der Waals surface area contributed by atoms with Gasteiger partial charge in [0.05, 0.1) is 0 Å². The van der Waals surface area contributed by atoms with Crippen LogP contribution in [0.3, 0.4) is 0 Å². The van der Waals surface area contributed by atoms with E-state index in [1.54, 1.807) is 19.0 Å². The monoisotopic (exact) mass is 193 g/mol. The summed E-state index contributed by atoms with van der Waals surface area (Å²) in [6, 6.07) is 7.02. The van der Waals surface area contributed by atoms with E-state index in [0.29, 0.717) is 0 Å². The summed E-state index contributed by atoms with van der Waals surface area (Å²) in [5.41, 5.74) is 1.90. The van der Waals surface area contributed by atoms with Crippen molar-refractivity contribution in [2.45, 2.75) is 13.0 Å². The molecule has 0 aliphatic rings. The molecular weight excluding hydrogens is 178 g/mol. The average Bonchev–Trinajstić information content (AvgIpc) is 2.02. The van der Waals surface area contributed by atoms with E-state index in [-0.39, 0.29) is 0 Å². The third kappa shape index (κ3) is 2.33. The van der Waals surface area contributed by atoms with Crippen molar-refractivity contribution < 1.29 is 9.90 Å². The van der Waals surface area contributed by atoms with Crippen LogP contribution >= 0.6 is 0 Å². The number of carboxylic acids is 1. The number of hydrogen-bond donors (Lipinski definition) is 1. The highest BCUT2D eigenvalue weighted by atomic mass is 16.4. The van der Waals surface area contributed by atoms with Crippen LogP contribution in [0.25, 0.3) is 0 Å². The van der Waals surface area contributed by atoms with Gasteiger partial charge in [0.25, 0.3) is 0 Å². The first-order chi connectivity index (χ1) is 6.52. The molecule has 1 rings (SSSR count). The van der Waals surface area contributed by atoms with Crippen LogP contribution in [0.5, 0.6) is 0 Å². The van der Waals surface area contributed by atoms with Crippen molar-refractivity contribution in [3.63, 3.8) is 0 Å². The van der Waals surface area contributed by atoms with Gasteiger partial charge in [-0.25, -0.2) is 0 Å². The van der Waals surface area contributed by atoms with Crippen molar-refractivity contribution in [3.05, 3.63) is 35.4 Å². The first-order valence-electron chi connectivity index (χ1n) is 4.48. The third-order valence-corrected chi connectivity index (χ3v) is 2.11. The number of carbonyl (C=O) groups is 1. The Labute approximate surface area is 84.0 Å². The maximum absolute atomic E-state index is 11.0. The molecule has 1 atom stereocenters. The lowest BCUT2D eigenvalue weighted by molar-refractivity contribution is -0.142. The summed E-state index contributed by atoms with van der Waals surface area (Å²) in [5.74, 6) is -0.819. The standard InChI is InChI=1S/C11H15NO2/c1-8-5-4-6-9(7-8)10(11(13)14)12(2)3/h4-7,10H,1-3H3,(H,13,14). The predicted octanol–water partition coefficient (Wildman–Crippen LogP) is 1.68. The molecule has 1 unspecified atom stereocenters. The molecule has 0 saturated heterocycles. The number of benzene rings is 1. The molecule has 3 heteroatoms. The van der Waals surface area contributed by atoms with E-state index in [4.69, 9.17) is 5.11 Å². The lowest BCUT2D eigenvalue weighted by Crippen LogP contribution is -2.27. The van der Waals surface area contributed by atoms with Crippen LogP contribution in [-0.2, 0) is 4.79 Å². The zero-order chi connectivity index (χ0) is 10.7. The normalized spacial score (nSPS) is 12.9. The third-order valence-electron chi connectivity index (χ3n) is 2.11. The highest BCUT2D eigenvalue weighted by Gasteiger charge is 2.21. The Kier molecular flexibility index (Phi) is 3.25. The minimum atomic E-state index is -0.819. The van der Waals surface area contributed by atoms with Crippen molar-refractivity contribution >= 4 is 5.97 Å². The van der Waals surface area contributed by atoms with Crippen molar-refractivity contribution in [1.82, 2.24) is 4.90 Å². The quantitative estimate of drug-likeness (QED) is 0.794. The molecule has 1 N–H and O–H groups in total. The second kappa shape index (κ2) is 4.24. The van der Waals surface area contributed by atoms with E-state index >= 15 is 0 Å². The second-order valence-electron chi connectivity index (χ2n) is 3.62. The van der Waals surface area contributed by atoms with Gasteiger partial charge in [-0.15, -0.1) is 0 Å². The Morgan fingerprint density at radius 1 is 1.43 bits per heavy atom. The topological polar surface area (TPSA) is 40.5 Å². The molecule has 0 amide bonds. The molecule has 1 aromatic rings. The zero-order valence-electron chi connectivity index (χ0n) is 8.69. The van der Waals surface area contributed by atoms with E-state index in [1.165, 1.54) is 0 Å². The number of nitrogens with zero attached hydrogens (tertiary/aromatic N) is 1. The maximum atomic E-state index is 11.0. The molecule has 0 bridgehead atoms. The molecule has 0 aliphatic heterocycles. The number of aliphatic carboxylic acids is 1. The zero-order valence-corrected chi connectivity index (χ0v) is 8.69. The summed E-state index contributed by atoms with van der Waals surface area (Å²) in [6.45, 7) is 1.96. The highest BCUT2D eigenvalue weighted by molar-refractivity contribution is 5.75. The van der Waals surface area contributed by atoms with Crippen LogP contribution in [0.2, 0.25) is 0 Å². The number of likely N-dealkylation sites (N-methyl/N-ethyl adjacent to an activating group) is 1. The summed E-state index contributed by atoms with van der Waals surface area (Å²) < 4.78 is 0. The fraction of sp³-hybridized carbons (Fsp3) is 0.364. The largest absolute Gasteiger partial charge is 0.480 e. The molecule has 0 aromatic heterocycles. The van der Waals surface area contributed by atoms with Gasteiger partial charge in [0.2, 0.25) is 0 Å². The lowest BCUT2D eigenvalue weighted by atomic mass is 10.0. The first kappa shape index (κ1) is 10.7. The minimum absolute atomic E-state index is 0.560. The Hall–Kier alpha value is -1.35. The van der Waals surface area contributed by atoms with Crippen LogP contribution in [-0.4, -0.2) is 30.1 Å². The van der Waals surface area contributed by atoms with Crippen LogP contribution in [0, 0.1) is 6.92 Å². The fourth-order valence-corrected chi connectivity index (χ4v) is 1.50. The molecule has 14 heavy (non-hydrogen) atoms. The number of hydrogen-bond acceptors (Lipinski definition) is 2. The summed E-state index contributed by atoms with van der Waals surface area (Å²) in [7, 11) is 3.53. The predicted molar refractivity (Wildman–Crippen MR) is 55.2 cm³/mol. The van der Waals surface area contributed by atoms with Crippen molar-refractivity contribution in [2.75, 3.05) is 14.1 Å². The first-order valence-corrected chi connectivity index (χ1v) is 4.48. The number of aryl methyl sites for hydroxylation is 1. The molecule has 0 fully saturated rings. The molecule has 0 heterocycles. The van der Waals surface area contributed by atoms with E-state index in [0.717, 1.165) is 11.1 Å². The maximum Gasteiger partial charge on any atom is 0.325 e. The molecule has 0 aliphatic carbocycles. The van der Waals surface area contributed by atoms with Gasteiger partial charge in [-0.1, -0.05) is 29.8 Å². The van der Waals surface area contributed by atoms with Crippen LogP contribution < -0.4 is 0 Å². The van der Waals surface area contributed by atoms with Gasteiger partial charge in [0, 0.05) is 0 Å². The summed E-state index contributed by atoms with van der Waals surface area (Å²) >= 11 is 0. The molecule has 76 valence electrons. The van der Waals surface area contributed by atoms with Gasteiger partial charge in [-0.05, 0) is 26.6 Å². The smallest absolute Gasteiger partial charge is 0.325 e. The highest BCUT2D eigenvalue weighted by Crippen LogP contribution is 2.19. The van der Waals surface area contributed by atoms with Crippen LogP contribution in [0.15, 0.2) is 24.3 Å². The van der Waals surface area contributed by atoms with E-state index in [1.807, 2.05) is 31.2 Å². The van der Waals surface area contributed by atoms with E-state index < -0.39 is 12.0 Å². The van der Waals surface area contributed by atoms with Gasteiger partial charge in [-0.3, -0.25) is 9.69 Å². The van der Waals surface area contributed by atoms with Gasteiger partial charge >= 0.3 is 5.97 Å². The summed E-state index contributed by atoms with van der Waals surface area (Å²) in [6.07, 6.45) is 0. The SMILES string of the molecule is Cc1cccc(C(C(=O)O)N(C)C)c1. The van der Waals surface area contributed by atoms with Gasteiger partial charge in [0.15, 0.2) is 0 Å². The molecule has 0 spiro atoms. The lowest BCUT2D eigenvalue weighted by Gasteiger charge is -2.20. The van der Waals surface area contributed by atoms with Gasteiger partial charge in [-0.2, -0.15) is 0 Å². The molecule has 0 saturated carbocycles. The Balaban J connectivity index is 3.05. The van der Waals surface area contributed by atoms with Gasteiger partial charge < -0.3 is 5.11 Å². The Morgan fingerprint density at radius 3 is 2.50 bits per heavy atom. The Bertz CT molecular complexity index is 334. The molecule has 0 radical (unpaired) electrons. The number of rotatable bonds is 3. The van der Waals surface area contributed by atoms with E-state index in [2.05, 4.69) is 0 Å². The van der Waals surface area contributed by atoms with Crippen molar-refractivity contribution in [2.24, 2.45) is 0 Å². The molecule has 3 nitrogen and oxygen atoms in total. The van der Waals surface area contributed by atoms with Crippen molar-refractivity contribution in [3.8, 4) is 0 Å². The van der Waals surface area contributed by atoms with Crippen LogP contribution in [0.4, 0.5) is 0 Å². The fourth-order valence-electron chi connectivity index (χ4n) is 1.50. The van der Waals surface area contributed by atoms with E-state index in [9.17, 15) is 4.79 Å². The van der Waals surface area contributed by atoms with Crippen molar-refractivity contribution in [1.29, 1.82) is 0 Å². The molecular formula is C11H15NO2. The average molecular weight is 193 g/mol. The number of carboxylic acid groups (broad SMARTS) is 1. The minimum Gasteiger partial charge on any atom is -0.480 e. The summed E-state index contributed by atoms with van der Waals surface area (Å²) in [5, 5.41) is 9.05. The summed E-state index contributed by atoms with van der Waals surface area (Å²) in [4.78, 5) is 12.7. The second-order valence-corrected chi connectivity index (χ2v) is 3.62. The van der Waals surface area contributed by atoms with Gasteiger partial charge in [0.1, 0.15) is 6.04 Å².